The zero-order chi connectivity index (χ0) is 21.7. The maximum absolute atomic E-state index is 11.8. The van der Waals surface area contributed by atoms with Gasteiger partial charge in [0, 0.05) is 44.0 Å². The summed E-state index contributed by atoms with van der Waals surface area (Å²) in [5.74, 6) is -1.85. The Bertz CT molecular complexity index is 1030. The van der Waals surface area contributed by atoms with E-state index < -0.39 is 12.1 Å². The van der Waals surface area contributed by atoms with E-state index in [1.54, 1.807) is 18.6 Å². The lowest BCUT2D eigenvalue weighted by Crippen LogP contribution is -2.44. The lowest BCUT2D eigenvalue weighted by Gasteiger charge is -2.30. The van der Waals surface area contributed by atoms with Gasteiger partial charge >= 0.3 is 12.1 Å². The number of carboxylic acid groups (broad SMARTS) is 1. The second-order valence-electron chi connectivity index (χ2n) is 6.32. The van der Waals surface area contributed by atoms with Crippen molar-refractivity contribution in [1.82, 2.24) is 19.9 Å². The van der Waals surface area contributed by atoms with Gasteiger partial charge in [0.05, 0.1) is 17.4 Å². The molecule has 0 radical (unpaired) electrons. The van der Waals surface area contributed by atoms with Gasteiger partial charge < -0.3 is 15.3 Å². The Morgan fingerprint density at radius 2 is 1.81 bits per heavy atom. The number of carbonyl (C=O) groups excluding carboxylic acids is 1. The highest BCUT2D eigenvalue weighted by atomic mass is 19.4. The number of piperazine rings is 1. The van der Waals surface area contributed by atoms with E-state index >= 15 is 0 Å². The Hall–Kier alpha value is -3.47. The Balaban J connectivity index is 0.000000373. The van der Waals surface area contributed by atoms with Crippen LogP contribution in [-0.2, 0) is 4.79 Å². The molecule has 0 aliphatic carbocycles. The summed E-state index contributed by atoms with van der Waals surface area (Å²) in [5, 5.41) is 11.3. The van der Waals surface area contributed by atoms with E-state index in [1.807, 2.05) is 28.8 Å². The maximum Gasteiger partial charge on any atom is 0.490 e. The molecule has 0 bridgehead atoms. The van der Waals surface area contributed by atoms with E-state index in [4.69, 9.17) is 9.90 Å². The molecule has 8 nitrogen and oxygen atoms in total. The van der Waals surface area contributed by atoms with Crippen LogP contribution in [0.3, 0.4) is 0 Å². The van der Waals surface area contributed by atoms with Gasteiger partial charge in [-0.3, -0.25) is 14.3 Å². The smallest absolute Gasteiger partial charge is 0.475 e. The maximum atomic E-state index is 11.8. The quantitative estimate of drug-likeness (QED) is 0.608. The minimum atomic E-state index is -5.08. The van der Waals surface area contributed by atoms with Crippen LogP contribution in [0.4, 0.5) is 19.0 Å². The lowest BCUT2D eigenvalue weighted by molar-refractivity contribution is -0.192. The third-order valence-corrected chi connectivity index (χ3v) is 4.42. The van der Waals surface area contributed by atoms with Crippen molar-refractivity contribution in [3.63, 3.8) is 0 Å². The fourth-order valence-electron chi connectivity index (χ4n) is 3.16. The molecule has 1 saturated heterocycles. The molecule has 4 heterocycles. The molecule has 1 fully saturated rings. The van der Waals surface area contributed by atoms with Crippen LogP contribution in [0.2, 0.25) is 0 Å². The van der Waals surface area contributed by atoms with Gasteiger partial charge in [0.1, 0.15) is 11.5 Å². The minimum Gasteiger partial charge on any atom is -0.475 e. The number of aliphatic carboxylic acids is 1. The molecule has 4 rings (SSSR count). The van der Waals surface area contributed by atoms with E-state index in [0.29, 0.717) is 5.56 Å². The van der Waals surface area contributed by atoms with E-state index in [9.17, 15) is 18.0 Å². The molecule has 166 valence electrons. The first-order chi connectivity index (χ1) is 14.3. The number of hydrogen-bond donors (Lipinski definition) is 2. The van der Waals surface area contributed by atoms with Crippen molar-refractivity contribution < 1.29 is 27.9 Å². The summed E-state index contributed by atoms with van der Waals surface area (Å²) in [7, 11) is 0. The number of nitrogens with zero attached hydrogens (tertiary/aromatic N) is 4. The van der Waals surface area contributed by atoms with E-state index in [-0.39, 0.29) is 7.43 Å². The van der Waals surface area contributed by atoms with Crippen LogP contribution in [0.15, 0.2) is 42.9 Å². The molecule has 2 N–H and O–H groups in total. The highest BCUT2D eigenvalue weighted by molar-refractivity contribution is 6.03. The van der Waals surface area contributed by atoms with Crippen LogP contribution in [0.5, 0.6) is 0 Å². The largest absolute Gasteiger partial charge is 0.490 e. The zero-order valence-electron chi connectivity index (χ0n) is 15.6. The summed E-state index contributed by atoms with van der Waals surface area (Å²) in [5.41, 5.74) is 2.40. The number of rotatable bonds is 3. The highest BCUT2D eigenvalue weighted by Gasteiger charge is 2.38. The average molecular weight is 437 g/mol. The number of anilines is 1. The Morgan fingerprint density at radius 3 is 2.35 bits per heavy atom. The molecule has 3 aromatic rings. The molecule has 0 amide bonds. The zero-order valence-corrected chi connectivity index (χ0v) is 15.6. The Kier molecular flexibility index (Phi) is 7.70. The van der Waals surface area contributed by atoms with Gasteiger partial charge in [-0.2, -0.15) is 13.2 Å². The predicted octanol–water partition coefficient (Wildman–Crippen LogP) is 2.91. The van der Waals surface area contributed by atoms with Crippen LogP contribution in [0, 0.1) is 0 Å². The van der Waals surface area contributed by atoms with Crippen LogP contribution < -0.4 is 10.2 Å². The van der Waals surface area contributed by atoms with E-state index in [2.05, 4.69) is 20.2 Å². The van der Waals surface area contributed by atoms with Crippen molar-refractivity contribution in [3.8, 4) is 5.69 Å². The van der Waals surface area contributed by atoms with Crippen molar-refractivity contribution >= 4 is 29.1 Å². The van der Waals surface area contributed by atoms with Crippen molar-refractivity contribution in [2.75, 3.05) is 31.1 Å². The number of aromatic nitrogens is 3. The third kappa shape index (κ3) is 5.18. The molecular formula is C20H22F3N5O3. The average Bonchev–Trinajstić information content (AvgIpc) is 3.09. The van der Waals surface area contributed by atoms with Crippen LogP contribution >= 0.6 is 0 Å². The molecule has 1 aliphatic heterocycles. The molecule has 0 saturated carbocycles. The number of carboxylic acids is 1. The standard InChI is InChI=1S/C17H17N5O.C2HF3O2.CH4/c23-12-15-14-4-2-6-20-16(14)22(13-3-1-5-19-11-13)17(15)21-9-7-18-8-10-21;3-2(4,5)1(6)7;/h1-6,11-12,18H,7-10H2;(H,6,7);1H4. The molecule has 0 unspecified atom stereocenters. The summed E-state index contributed by atoms with van der Waals surface area (Å²) >= 11 is 0. The first kappa shape index (κ1) is 23.8. The second kappa shape index (κ2) is 10.0. The molecule has 1 aliphatic rings. The molecule has 11 heteroatoms. The monoisotopic (exact) mass is 437 g/mol. The van der Waals surface area contributed by atoms with Gasteiger partial charge in [-0.05, 0) is 24.3 Å². The molecule has 3 aromatic heterocycles. The Labute approximate surface area is 176 Å². The topological polar surface area (TPSA) is 100 Å². The number of nitrogens with one attached hydrogen (secondary N) is 1. The van der Waals surface area contributed by atoms with Crippen molar-refractivity contribution in [2.45, 2.75) is 13.6 Å². The van der Waals surface area contributed by atoms with Crippen molar-refractivity contribution in [1.29, 1.82) is 0 Å². The number of aldehydes is 1. The van der Waals surface area contributed by atoms with Gasteiger partial charge in [-0.1, -0.05) is 7.43 Å². The van der Waals surface area contributed by atoms with Gasteiger partial charge in [-0.25, -0.2) is 9.78 Å². The lowest BCUT2D eigenvalue weighted by atomic mass is 10.2. The third-order valence-electron chi connectivity index (χ3n) is 4.42. The highest BCUT2D eigenvalue weighted by Crippen LogP contribution is 2.33. The van der Waals surface area contributed by atoms with Crippen LogP contribution in [0.1, 0.15) is 17.8 Å². The van der Waals surface area contributed by atoms with Crippen LogP contribution in [-0.4, -0.2) is 64.3 Å². The first-order valence-corrected chi connectivity index (χ1v) is 8.95. The molecule has 31 heavy (non-hydrogen) atoms. The normalized spacial score (nSPS) is 13.7. The fourth-order valence-corrected chi connectivity index (χ4v) is 3.16. The summed E-state index contributed by atoms with van der Waals surface area (Å²) in [6.07, 6.45) is 1.15. The van der Waals surface area contributed by atoms with Gasteiger partial charge in [0.2, 0.25) is 0 Å². The minimum absolute atomic E-state index is 0. The van der Waals surface area contributed by atoms with E-state index in [0.717, 1.165) is 55.0 Å². The number of hydrogen-bond acceptors (Lipinski definition) is 6. The van der Waals surface area contributed by atoms with Crippen molar-refractivity contribution in [2.24, 2.45) is 0 Å². The molecule has 0 atom stereocenters. The summed E-state index contributed by atoms with van der Waals surface area (Å²) < 4.78 is 33.8. The van der Waals surface area contributed by atoms with Gasteiger partial charge in [0.15, 0.2) is 6.29 Å². The summed E-state index contributed by atoms with van der Waals surface area (Å²) in [6.45, 7) is 3.52. The van der Waals surface area contributed by atoms with Gasteiger partial charge in [-0.15, -0.1) is 0 Å². The van der Waals surface area contributed by atoms with E-state index in [1.165, 1.54) is 0 Å². The molecular weight excluding hydrogens is 415 g/mol. The second-order valence-corrected chi connectivity index (χ2v) is 6.32. The first-order valence-electron chi connectivity index (χ1n) is 8.95. The SMILES string of the molecule is C.O=C(O)C(F)(F)F.O=Cc1c(N2CCNCC2)n(-c2cccnc2)c2ncccc12. The number of pyridine rings is 2. The summed E-state index contributed by atoms with van der Waals surface area (Å²) in [6, 6.07) is 7.70. The number of fused-ring (bicyclic) bond motifs is 1. The fraction of sp³-hybridized carbons (Fsp3) is 0.300. The molecule has 0 aromatic carbocycles. The Morgan fingerprint density at radius 1 is 1.16 bits per heavy atom. The van der Waals surface area contributed by atoms with Gasteiger partial charge in [0.25, 0.3) is 0 Å². The van der Waals surface area contributed by atoms with Crippen molar-refractivity contribution in [3.05, 3.63) is 48.4 Å². The van der Waals surface area contributed by atoms with Crippen LogP contribution in [0.25, 0.3) is 16.7 Å². The molecule has 0 spiro atoms. The number of carbonyl (C=O) groups is 2. The number of alkyl halides is 3. The number of halogens is 3. The summed E-state index contributed by atoms with van der Waals surface area (Å²) in [4.78, 5) is 31.7. The predicted molar refractivity (Wildman–Crippen MR) is 110 cm³/mol.